The molecule has 2 aromatic carbocycles. The molecule has 0 aliphatic carbocycles. The molecule has 0 saturated heterocycles. The molecule has 3 aromatic rings. The fourth-order valence-corrected chi connectivity index (χ4v) is 2.25. The molecule has 0 atom stereocenters. The molecular weight excluding hydrogens is 280 g/mol. The predicted octanol–water partition coefficient (Wildman–Crippen LogP) is 2.62. The number of carbonyl (C=O) groups is 1. The highest BCUT2D eigenvalue weighted by atomic mass is 16.5. The molecule has 1 heterocycles. The number of rotatable bonds is 4. The third-order valence-electron chi connectivity index (χ3n) is 3.34. The number of fused-ring (bicyclic) bond motifs is 1. The van der Waals surface area contributed by atoms with Crippen LogP contribution < -0.4 is 10.5 Å². The number of hydrogen-bond donors (Lipinski definition) is 2. The molecule has 0 aliphatic heterocycles. The van der Waals surface area contributed by atoms with Gasteiger partial charge in [-0.25, -0.2) is 0 Å². The number of ether oxygens (including phenoxy) is 1. The van der Waals surface area contributed by atoms with Gasteiger partial charge in [0.25, 0.3) is 5.91 Å². The van der Waals surface area contributed by atoms with Crippen molar-refractivity contribution in [3.05, 3.63) is 66.0 Å². The second-order valence-corrected chi connectivity index (χ2v) is 4.86. The summed E-state index contributed by atoms with van der Waals surface area (Å²) < 4.78 is 5.79. The summed E-state index contributed by atoms with van der Waals surface area (Å²) in [5.41, 5.74) is 6.28. The SMILES string of the molecule is NC(=O)c1cc2cccc(OCc3cccnc3)c2cc1O. The lowest BCUT2D eigenvalue weighted by molar-refractivity contribution is 0.0998. The maximum absolute atomic E-state index is 11.3. The Labute approximate surface area is 127 Å². The Kier molecular flexibility index (Phi) is 3.62. The second-order valence-electron chi connectivity index (χ2n) is 4.86. The van der Waals surface area contributed by atoms with Gasteiger partial charge in [0.1, 0.15) is 18.1 Å². The van der Waals surface area contributed by atoms with Crippen molar-refractivity contribution < 1.29 is 14.6 Å². The van der Waals surface area contributed by atoms with Gasteiger partial charge in [-0.3, -0.25) is 9.78 Å². The van der Waals surface area contributed by atoms with E-state index in [1.807, 2.05) is 30.3 Å². The highest BCUT2D eigenvalue weighted by Crippen LogP contribution is 2.31. The minimum atomic E-state index is -0.666. The van der Waals surface area contributed by atoms with Crippen LogP contribution in [0, 0.1) is 0 Å². The molecule has 0 radical (unpaired) electrons. The number of primary amides is 1. The molecule has 110 valence electrons. The predicted molar refractivity (Wildman–Crippen MR) is 82.7 cm³/mol. The Morgan fingerprint density at radius 1 is 1.23 bits per heavy atom. The van der Waals surface area contributed by atoms with Crippen molar-refractivity contribution in [1.82, 2.24) is 4.98 Å². The van der Waals surface area contributed by atoms with E-state index in [1.165, 1.54) is 6.07 Å². The topological polar surface area (TPSA) is 85.4 Å². The third kappa shape index (κ3) is 2.69. The summed E-state index contributed by atoms with van der Waals surface area (Å²) in [7, 11) is 0. The lowest BCUT2D eigenvalue weighted by Crippen LogP contribution is -2.11. The maximum Gasteiger partial charge on any atom is 0.252 e. The van der Waals surface area contributed by atoms with Crippen LogP contribution in [0.15, 0.2) is 54.9 Å². The zero-order chi connectivity index (χ0) is 15.5. The van der Waals surface area contributed by atoms with Crippen molar-refractivity contribution in [2.75, 3.05) is 0 Å². The number of nitrogens with two attached hydrogens (primary N) is 1. The molecule has 0 spiro atoms. The van der Waals surface area contributed by atoms with Crippen LogP contribution in [-0.4, -0.2) is 16.0 Å². The molecule has 3 rings (SSSR count). The van der Waals surface area contributed by atoms with E-state index in [0.717, 1.165) is 10.9 Å². The van der Waals surface area contributed by atoms with Gasteiger partial charge in [0.05, 0.1) is 5.56 Å². The van der Waals surface area contributed by atoms with Crippen LogP contribution in [0.1, 0.15) is 15.9 Å². The number of pyridine rings is 1. The normalized spacial score (nSPS) is 10.5. The molecule has 0 bridgehead atoms. The standard InChI is InChI=1S/C17H14N2O3/c18-17(21)14-7-12-4-1-5-16(13(12)8-15(14)20)22-10-11-3-2-6-19-9-11/h1-9,20H,10H2,(H2,18,21). The first-order chi connectivity index (χ1) is 10.6. The van der Waals surface area contributed by atoms with Crippen molar-refractivity contribution in [3.63, 3.8) is 0 Å². The summed E-state index contributed by atoms with van der Waals surface area (Å²) in [5, 5.41) is 11.4. The number of benzene rings is 2. The Morgan fingerprint density at radius 2 is 2.09 bits per heavy atom. The largest absolute Gasteiger partial charge is 0.507 e. The van der Waals surface area contributed by atoms with Crippen LogP contribution in [0.4, 0.5) is 0 Å². The van der Waals surface area contributed by atoms with Crippen molar-refractivity contribution in [1.29, 1.82) is 0 Å². The summed E-state index contributed by atoms with van der Waals surface area (Å²) >= 11 is 0. The van der Waals surface area contributed by atoms with Gasteiger partial charge in [0.15, 0.2) is 0 Å². The Hall–Kier alpha value is -3.08. The molecule has 5 nitrogen and oxygen atoms in total. The first kappa shape index (κ1) is 13.9. The van der Waals surface area contributed by atoms with Gasteiger partial charge in [0.2, 0.25) is 0 Å². The van der Waals surface area contributed by atoms with Crippen LogP contribution in [0.2, 0.25) is 0 Å². The Morgan fingerprint density at radius 3 is 2.82 bits per heavy atom. The number of nitrogens with zero attached hydrogens (tertiary/aromatic N) is 1. The molecule has 0 saturated carbocycles. The van der Waals surface area contributed by atoms with E-state index in [2.05, 4.69) is 4.98 Å². The molecule has 1 amide bonds. The zero-order valence-corrected chi connectivity index (χ0v) is 11.7. The van der Waals surface area contributed by atoms with E-state index < -0.39 is 5.91 Å². The van der Waals surface area contributed by atoms with Crippen LogP contribution in [-0.2, 0) is 6.61 Å². The highest BCUT2D eigenvalue weighted by molar-refractivity contribution is 6.01. The van der Waals surface area contributed by atoms with E-state index in [-0.39, 0.29) is 11.3 Å². The van der Waals surface area contributed by atoms with Gasteiger partial charge in [-0.05, 0) is 29.7 Å². The molecule has 3 N–H and O–H groups in total. The van der Waals surface area contributed by atoms with Crippen LogP contribution in [0.5, 0.6) is 11.5 Å². The van der Waals surface area contributed by atoms with E-state index >= 15 is 0 Å². The first-order valence-electron chi connectivity index (χ1n) is 6.72. The molecule has 1 aromatic heterocycles. The zero-order valence-electron chi connectivity index (χ0n) is 11.7. The average molecular weight is 294 g/mol. The van der Waals surface area contributed by atoms with Crippen LogP contribution in [0.3, 0.4) is 0 Å². The number of aromatic hydroxyl groups is 1. The molecular formula is C17H14N2O3. The molecule has 0 unspecified atom stereocenters. The first-order valence-corrected chi connectivity index (χ1v) is 6.72. The summed E-state index contributed by atoms with van der Waals surface area (Å²) in [6, 6.07) is 12.3. The van der Waals surface area contributed by atoms with Crippen molar-refractivity contribution >= 4 is 16.7 Å². The summed E-state index contributed by atoms with van der Waals surface area (Å²) in [4.78, 5) is 15.3. The number of amides is 1. The molecule has 5 heteroatoms. The fraction of sp³-hybridized carbons (Fsp3) is 0.0588. The fourth-order valence-electron chi connectivity index (χ4n) is 2.25. The molecule has 0 aliphatic rings. The van der Waals surface area contributed by atoms with Crippen molar-refractivity contribution in [2.45, 2.75) is 6.61 Å². The van der Waals surface area contributed by atoms with E-state index in [4.69, 9.17) is 10.5 Å². The summed E-state index contributed by atoms with van der Waals surface area (Å²) in [6.45, 7) is 0.366. The van der Waals surface area contributed by atoms with Gasteiger partial charge < -0.3 is 15.6 Å². The minimum absolute atomic E-state index is 0.0944. The minimum Gasteiger partial charge on any atom is -0.507 e. The van der Waals surface area contributed by atoms with Gasteiger partial charge >= 0.3 is 0 Å². The van der Waals surface area contributed by atoms with E-state index in [1.54, 1.807) is 18.5 Å². The lowest BCUT2D eigenvalue weighted by Gasteiger charge is -2.11. The maximum atomic E-state index is 11.3. The molecule has 0 fully saturated rings. The third-order valence-corrected chi connectivity index (χ3v) is 3.34. The highest BCUT2D eigenvalue weighted by Gasteiger charge is 2.11. The summed E-state index contributed by atoms with van der Waals surface area (Å²) in [5.74, 6) is -0.203. The smallest absolute Gasteiger partial charge is 0.252 e. The van der Waals surface area contributed by atoms with Gasteiger partial charge in [-0.15, -0.1) is 0 Å². The van der Waals surface area contributed by atoms with Gasteiger partial charge in [-0.1, -0.05) is 18.2 Å². The second kappa shape index (κ2) is 5.73. The number of aromatic nitrogens is 1. The van der Waals surface area contributed by atoms with Crippen molar-refractivity contribution in [3.8, 4) is 11.5 Å². The monoisotopic (exact) mass is 294 g/mol. The van der Waals surface area contributed by atoms with E-state index in [9.17, 15) is 9.90 Å². The van der Waals surface area contributed by atoms with Crippen molar-refractivity contribution in [2.24, 2.45) is 5.73 Å². The Balaban J connectivity index is 1.96. The number of phenols is 1. The number of carbonyl (C=O) groups excluding carboxylic acids is 1. The average Bonchev–Trinajstić information content (AvgIpc) is 2.53. The quantitative estimate of drug-likeness (QED) is 0.774. The van der Waals surface area contributed by atoms with Crippen LogP contribution in [0.25, 0.3) is 10.8 Å². The number of hydrogen-bond acceptors (Lipinski definition) is 4. The van der Waals surface area contributed by atoms with E-state index in [0.29, 0.717) is 17.7 Å². The van der Waals surface area contributed by atoms with Gasteiger partial charge in [-0.2, -0.15) is 0 Å². The molecule has 22 heavy (non-hydrogen) atoms. The van der Waals surface area contributed by atoms with Gasteiger partial charge in [0, 0.05) is 23.3 Å². The summed E-state index contributed by atoms with van der Waals surface area (Å²) in [6.07, 6.45) is 3.43. The van der Waals surface area contributed by atoms with Crippen LogP contribution >= 0.6 is 0 Å². The lowest BCUT2D eigenvalue weighted by atomic mass is 10.0. The Bertz CT molecular complexity index is 832.